The summed E-state index contributed by atoms with van der Waals surface area (Å²) in [4.78, 5) is 14.3. The van der Waals surface area contributed by atoms with E-state index < -0.39 is 0 Å². The van der Waals surface area contributed by atoms with Crippen LogP contribution in [0.15, 0.2) is 54.6 Å². The summed E-state index contributed by atoms with van der Waals surface area (Å²) in [5, 5.41) is 0. The van der Waals surface area contributed by atoms with Crippen molar-refractivity contribution in [3.8, 4) is 11.5 Å². The lowest BCUT2D eigenvalue weighted by Gasteiger charge is -2.23. The van der Waals surface area contributed by atoms with Gasteiger partial charge in [-0.1, -0.05) is 45.0 Å². The van der Waals surface area contributed by atoms with E-state index in [-0.39, 0.29) is 11.2 Å². The Balaban J connectivity index is 1.81. The minimum absolute atomic E-state index is 0.0151. The van der Waals surface area contributed by atoms with Crippen molar-refractivity contribution in [2.75, 3.05) is 7.11 Å². The van der Waals surface area contributed by atoms with E-state index in [4.69, 9.17) is 9.47 Å². The van der Waals surface area contributed by atoms with Crippen LogP contribution in [-0.2, 0) is 12.0 Å². The SMILES string of the molecule is COc1ccc(/C=C/C(=O)c2ccc(C)s2)cc1COc1cc(C)ccc1C(C)(C)C. The first-order valence-electron chi connectivity index (χ1n) is 10.4. The summed E-state index contributed by atoms with van der Waals surface area (Å²) in [5.74, 6) is 1.67. The van der Waals surface area contributed by atoms with E-state index >= 15 is 0 Å². The third-order valence-corrected chi connectivity index (χ3v) is 6.06. The topological polar surface area (TPSA) is 35.5 Å². The molecule has 0 aliphatic heterocycles. The van der Waals surface area contributed by atoms with Gasteiger partial charge < -0.3 is 9.47 Å². The highest BCUT2D eigenvalue weighted by Crippen LogP contribution is 2.33. The number of ether oxygens (including phenoxy) is 2. The number of hydrogen-bond acceptors (Lipinski definition) is 4. The summed E-state index contributed by atoms with van der Waals surface area (Å²) >= 11 is 1.51. The second-order valence-corrected chi connectivity index (χ2v) is 10.0. The van der Waals surface area contributed by atoms with Gasteiger partial charge in [0.15, 0.2) is 5.78 Å². The molecule has 0 unspecified atom stereocenters. The van der Waals surface area contributed by atoms with Crippen molar-refractivity contribution in [1.29, 1.82) is 0 Å². The molecule has 1 aromatic heterocycles. The molecule has 0 aliphatic rings. The second kappa shape index (κ2) is 9.52. The molecule has 1 heterocycles. The monoisotopic (exact) mass is 434 g/mol. The minimum Gasteiger partial charge on any atom is -0.496 e. The predicted molar refractivity (Wildman–Crippen MR) is 130 cm³/mol. The van der Waals surface area contributed by atoms with Crippen molar-refractivity contribution in [2.24, 2.45) is 0 Å². The third kappa shape index (κ3) is 5.86. The lowest BCUT2D eigenvalue weighted by atomic mass is 9.86. The van der Waals surface area contributed by atoms with Crippen molar-refractivity contribution in [1.82, 2.24) is 0 Å². The molecule has 0 saturated carbocycles. The predicted octanol–water partition coefficient (Wildman–Crippen LogP) is 7.15. The van der Waals surface area contributed by atoms with Gasteiger partial charge in [0.1, 0.15) is 18.1 Å². The highest BCUT2D eigenvalue weighted by Gasteiger charge is 2.19. The first-order chi connectivity index (χ1) is 14.7. The number of hydrogen-bond donors (Lipinski definition) is 0. The molecule has 0 fully saturated rings. The Morgan fingerprint density at radius 2 is 1.77 bits per heavy atom. The maximum atomic E-state index is 12.4. The van der Waals surface area contributed by atoms with Crippen molar-refractivity contribution in [3.05, 3.63) is 86.6 Å². The van der Waals surface area contributed by atoms with Crippen LogP contribution in [0.3, 0.4) is 0 Å². The Labute approximate surface area is 189 Å². The van der Waals surface area contributed by atoms with Gasteiger partial charge in [-0.15, -0.1) is 11.3 Å². The Bertz CT molecular complexity index is 1100. The minimum atomic E-state index is -0.0157. The van der Waals surface area contributed by atoms with Gasteiger partial charge in [-0.05, 0) is 72.4 Å². The molecular formula is C27H30O3S. The number of benzene rings is 2. The largest absolute Gasteiger partial charge is 0.496 e. The number of thiophene rings is 1. The lowest BCUT2D eigenvalue weighted by molar-refractivity contribution is 0.105. The van der Waals surface area contributed by atoms with E-state index in [0.717, 1.165) is 37.9 Å². The zero-order chi connectivity index (χ0) is 22.6. The number of ketones is 1. The van der Waals surface area contributed by atoms with E-state index in [1.165, 1.54) is 16.9 Å². The molecular weight excluding hydrogens is 404 g/mol. The van der Waals surface area contributed by atoms with Crippen LogP contribution in [0.25, 0.3) is 6.08 Å². The molecule has 0 saturated heterocycles. The molecule has 31 heavy (non-hydrogen) atoms. The molecule has 162 valence electrons. The smallest absolute Gasteiger partial charge is 0.195 e. The standard InChI is InChI=1S/C27H30O3S/c1-18-7-11-22(27(3,4)5)25(15-18)30-17-21-16-20(10-13-24(21)29-6)9-12-23(28)26-14-8-19(2)31-26/h7-16H,17H2,1-6H3/b12-9+. The fraction of sp³-hybridized carbons (Fsp3) is 0.296. The van der Waals surface area contributed by atoms with Crippen LogP contribution < -0.4 is 9.47 Å². The fourth-order valence-electron chi connectivity index (χ4n) is 3.36. The van der Waals surface area contributed by atoms with E-state index in [1.54, 1.807) is 13.2 Å². The highest BCUT2D eigenvalue weighted by molar-refractivity contribution is 7.14. The molecule has 3 rings (SSSR count). The molecule has 3 aromatic rings. The summed E-state index contributed by atoms with van der Waals surface area (Å²) < 4.78 is 11.8. The lowest BCUT2D eigenvalue weighted by Crippen LogP contribution is -2.13. The summed E-state index contributed by atoms with van der Waals surface area (Å²) in [6.45, 7) is 11.0. The van der Waals surface area contributed by atoms with Crippen molar-refractivity contribution in [3.63, 3.8) is 0 Å². The van der Waals surface area contributed by atoms with Gasteiger partial charge in [-0.3, -0.25) is 4.79 Å². The van der Waals surface area contributed by atoms with Crippen LogP contribution in [0, 0.1) is 13.8 Å². The van der Waals surface area contributed by atoms with Crippen LogP contribution in [0.1, 0.15) is 57.6 Å². The van der Waals surface area contributed by atoms with Crippen molar-refractivity contribution >= 4 is 23.2 Å². The van der Waals surface area contributed by atoms with Gasteiger partial charge >= 0.3 is 0 Å². The number of carbonyl (C=O) groups is 1. The van der Waals surface area contributed by atoms with Crippen molar-refractivity contribution < 1.29 is 14.3 Å². The maximum Gasteiger partial charge on any atom is 0.195 e. The molecule has 0 aliphatic carbocycles. The third-order valence-electron chi connectivity index (χ3n) is 5.04. The van der Waals surface area contributed by atoms with Crippen LogP contribution in [-0.4, -0.2) is 12.9 Å². The molecule has 0 bridgehead atoms. The fourth-order valence-corrected chi connectivity index (χ4v) is 4.15. The summed E-state index contributed by atoms with van der Waals surface area (Å²) in [5.41, 5.74) is 4.18. The van der Waals surface area contributed by atoms with Gasteiger partial charge in [0, 0.05) is 10.4 Å². The molecule has 0 radical (unpaired) electrons. The molecule has 3 nitrogen and oxygen atoms in total. The number of aryl methyl sites for hydroxylation is 2. The van der Waals surface area contributed by atoms with E-state index in [1.807, 2.05) is 43.3 Å². The second-order valence-electron chi connectivity index (χ2n) is 8.72. The normalized spacial score (nSPS) is 11.7. The van der Waals surface area contributed by atoms with E-state index in [2.05, 4.69) is 45.9 Å². The van der Waals surface area contributed by atoms with Crippen molar-refractivity contribution in [2.45, 2.75) is 46.6 Å². The first-order valence-corrected chi connectivity index (χ1v) is 11.2. The highest BCUT2D eigenvalue weighted by atomic mass is 32.1. The first kappa shape index (κ1) is 22.8. The molecule has 0 N–H and O–H groups in total. The van der Waals surface area contributed by atoms with Crippen LogP contribution >= 0.6 is 11.3 Å². The van der Waals surface area contributed by atoms with Crippen LogP contribution in [0.4, 0.5) is 0 Å². The number of rotatable bonds is 7. The molecule has 0 spiro atoms. The molecule has 0 atom stereocenters. The Hall–Kier alpha value is -2.85. The number of allylic oxidation sites excluding steroid dienone is 1. The summed E-state index contributed by atoms with van der Waals surface area (Å²) in [7, 11) is 1.66. The van der Waals surface area contributed by atoms with Crippen LogP contribution in [0.2, 0.25) is 0 Å². The van der Waals surface area contributed by atoms with Gasteiger partial charge in [0.2, 0.25) is 0 Å². The number of methoxy groups -OCH3 is 1. The van der Waals surface area contributed by atoms with Gasteiger partial charge in [-0.2, -0.15) is 0 Å². The Kier molecular flexibility index (Phi) is 7.01. The number of carbonyl (C=O) groups excluding carboxylic acids is 1. The van der Waals surface area contributed by atoms with E-state index in [0.29, 0.717) is 6.61 Å². The van der Waals surface area contributed by atoms with Crippen LogP contribution in [0.5, 0.6) is 11.5 Å². The Morgan fingerprint density at radius 3 is 2.42 bits per heavy atom. The molecule has 2 aromatic carbocycles. The summed E-state index contributed by atoms with van der Waals surface area (Å²) in [6, 6.07) is 16.0. The maximum absolute atomic E-state index is 12.4. The van der Waals surface area contributed by atoms with Gasteiger partial charge in [0.05, 0.1) is 12.0 Å². The zero-order valence-corrected chi connectivity index (χ0v) is 19.9. The quantitative estimate of drug-likeness (QED) is 0.293. The average Bonchev–Trinajstić information content (AvgIpc) is 3.16. The summed E-state index contributed by atoms with van der Waals surface area (Å²) in [6.07, 6.45) is 3.46. The van der Waals surface area contributed by atoms with Gasteiger partial charge in [0.25, 0.3) is 0 Å². The zero-order valence-electron chi connectivity index (χ0n) is 19.1. The van der Waals surface area contributed by atoms with E-state index in [9.17, 15) is 4.79 Å². The molecule has 0 amide bonds. The average molecular weight is 435 g/mol. The molecule has 4 heteroatoms. The Morgan fingerprint density at radius 1 is 1.00 bits per heavy atom. The van der Waals surface area contributed by atoms with Gasteiger partial charge in [-0.25, -0.2) is 0 Å².